The van der Waals surface area contributed by atoms with Gasteiger partial charge in [-0.15, -0.1) is 0 Å². The number of alkyl halides is 12. The largest absolute Gasteiger partial charge is 0.417 e. The highest BCUT2D eigenvalue weighted by Gasteiger charge is 2.42. The Morgan fingerprint density at radius 2 is 1.39 bits per heavy atom. The molecule has 17 heteroatoms. The van der Waals surface area contributed by atoms with E-state index in [1.54, 1.807) is 0 Å². The number of halogens is 14. The number of allylic oxidation sites excluding steroid dienone is 1. The molecule has 0 saturated heterocycles. The van der Waals surface area contributed by atoms with Gasteiger partial charge in [-0.25, -0.2) is 4.39 Å². The molecule has 0 bridgehead atoms. The minimum Gasteiger partial charge on any atom is -0.347 e. The maximum Gasteiger partial charge on any atom is 0.417 e. The average Bonchev–Trinajstić information content (AvgIpc) is 2.82. The van der Waals surface area contributed by atoms with Crippen molar-refractivity contribution in [3.8, 4) is 0 Å². The molecule has 2 rings (SSSR count). The molecule has 2 aromatic carbocycles. The third-order valence-corrected chi connectivity index (χ3v) is 5.62. The van der Waals surface area contributed by atoms with Crippen LogP contribution in [0.15, 0.2) is 42.5 Å². The van der Waals surface area contributed by atoms with Crippen molar-refractivity contribution in [1.82, 2.24) is 5.32 Å². The van der Waals surface area contributed by atoms with E-state index in [9.17, 15) is 66.7 Å². The van der Waals surface area contributed by atoms with Crippen LogP contribution in [0.2, 0.25) is 5.02 Å². The minimum atomic E-state index is -5.41. The van der Waals surface area contributed by atoms with E-state index >= 15 is 0 Å². The number of nitrogens with one attached hydrogen (secondary N) is 1. The van der Waals surface area contributed by atoms with E-state index in [0.717, 1.165) is 0 Å². The lowest BCUT2D eigenvalue weighted by Gasteiger charge is -2.20. The normalized spacial score (nSPS) is 14.1. The van der Waals surface area contributed by atoms with Gasteiger partial charge in [0.05, 0.1) is 16.1 Å². The van der Waals surface area contributed by atoms with Gasteiger partial charge in [0, 0.05) is 24.0 Å². The molecular formula is C24H15ClF13NO2. The summed E-state index contributed by atoms with van der Waals surface area (Å²) in [6.07, 6.45) is -23.0. The molecule has 0 aliphatic heterocycles. The van der Waals surface area contributed by atoms with Crippen LogP contribution in [0.1, 0.15) is 51.4 Å². The first-order valence-electron chi connectivity index (χ1n) is 10.9. The minimum absolute atomic E-state index is 0.0119. The lowest BCUT2D eigenvalue weighted by atomic mass is 9.93. The number of benzene rings is 2. The second kappa shape index (κ2) is 12.3. The monoisotopic (exact) mass is 631 g/mol. The van der Waals surface area contributed by atoms with E-state index in [2.05, 4.69) is 0 Å². The third kappa shape index (κ3) is 9.64. The van der Waals surface area contributed by atoms with Crippen LogP contribution in [0.25, 0.3) is 5.83 Å². The quantitative estimate of drug-likeness (QED) is 0.234. The van der Waals surface area contributed by atoms with E-state index in [1.165, 1.54) is 5.32 Å². The van der Waals surface area contributed by atoms with E-state index in [-0.39, 0.29) is 18.2 Å². The fourth-order valence-electron chi connectivity index (χ4n) is 3.40. The van der Waals surface area contributed by atoms with Crippen LogP contribution in [0.5, 0.6) is 0 Å². The van der Waals surface area contributed by atoms with Gasteiger partial charge < -0.3 is 5.32 Å². The Labute approximate surface area is 227 Å². The van der Waals surface area contributed by atoms with Crippen LogP contribution in [-0.4, -0.2) is 30.6 Å². The maximum atomic E-state index is 14.9. The number of rotatable bonds is 8. The number of carbonyl (C=O) groups excluding carboxylic acids is 2. The molecule has 0 radical (unpaired) electrons. The Morgan fingerprint density at radius 1 is 0.805 bits per heavy atom. The molecular weight excluding hydrogens is 617 g/mol. The first kappa shape index (κ1) is 33.9. The molecule has 3 nitrogen and oxygen atoms in total. The van der Waals surface area contributed by atoms with E-state index in [4.69, 9.17) is 11.6 Å². The zero-order chi connectivity index (χ0) is 31.6. The molecule has 1 atom stereocenters. The smallest absolute Gasteiger partial charge is 0.347 e. The standard InChI is InChI=1S/C24H15ClF13NO2/c25-17-4-2-11(7-16(17)24(36,37)38)14(22(30,31)32)9-18(26)12-1-3-13(15(8-12)23(33,34)35)19(40)5-6-20(41)39-10-21(27,28)29/h1-4,7-9,14H,5-6,10H2,(H,39,41)/b18-9-. The lowest BCUT2D eigenvalue weighted by Crippen LogP contribution is -2.33. The summed E-state index contributed by atoms with van der Waals surface area (Å²) >= 11 is 5.38. The van der Waals surface area contributed by atoms with Crippen molar-refractivity contribution >= 4 is 29.1 Å². The van der Waals surface area contributed by atoms with Crippen molar-refractivity contribution in [2.45, 2.75) is 43.5 Å². The second-order valence-corrected chi connectivity index (χ2v) is 8.75. The fraction of sp³-hybridized carbons (Fsp3) is 0.333. The first-order chi connectivity index (χ1) is 18.5. The van der Waals surface area contributed by atoms with E-state index in [1.807, 2.05) is 0 Å². The van der Waals surface area contributed by atoms with Crippen molar-refractivity contribution in [1.29, 1.82) is 0 Å². The molecule has 1 unspecified atom stereocenters. The molecule has 0 heterocycles. The fourth-order valence-corrected chi connectivity index (χ4v) is 3.62. The number of ketones is 1. The molecule has 1 N–H and O–H groups in total. The molecule has 0 aromatic heterocycles. The maximum absolute atomic E-state index is 14.9. The summed E-state index contributed by atoms with van der Waals surface area (Å²) in [5.74, 6) is -7.72. The molecule has 0 aliphatic carbocycles. The highest BCUT2D eigenvalue weighted by Crippen LogP contribution is 2.43. The Bertz CT molecular complexity index is 1310. The summed E-state index contributed by atoms with van der Waals surface area (Å²) in [6.45, 7) is -1.76. The Hall–Kier alpha value is -3.30. The van der Waals surface area contributed by atoms with Gasteiger partial charge in [0.1, 0.15) is 18.3 Å². The Morgan fingerprint density at radius 3 is 1.90 bits per heavy atom. The lowest BCUT2D eigenvalue weighted by molar-refractivity contribution is -0.142. The summed E-state index contributed by atoms with van der Waals surface area (Å²) in [6, 6.07) is 1.85. The van der Waals surface area contributed by atoms with Gasteiger partial charge in [-0.3, -0.25) is 9.59 Å². The molecule has 226 valence electrons. The summed E-state index contributed by atoms with van der Waals surface area (Å²) in [4.78, 5) is 23.7. The van der Waals surface area contributed by atoms with Crippen molar-refractivity contribution in [3.05, 3.63) is 75.3 Å². The van der Waals surface area contributed by atoms with Crippen LogP contribution in [0, 0.1) is 0 Å². The van der Waals surface area contributed by atoms with Crippen LogP contribution >= 0.6 is 11.6 Å². The molecule has 41 heavy (non-hydrogen) atoms. The molecule has 0 aliphatic rings. The zero-order valence-corrected chi connectivity index (χ0v) is 20.6. The predicted molar refractivity (Wildman–Crippen MR) is 118 cm³/mol. The molecule has 0 fully saturated rings. The highest BCUT2D eigenvalue weighted by atomic mass is 35.5. The number of hydrogen-bond donors (Lipinski definition) is 1. The summed E-state index contributed by atoms with van der Waals surface area (Å²) in [5, 5.41) is 0.441. The average molecular weight is 632 g/mol. The van der Waals surface area contributed by atoms with Gasteiger partial charge in [-0.2, -0.15) is 52.7 Å². The van der Waals surface area contributed by atoms with E-state index in [0.29, 0.717) is 24.3 Å². The summed E-state index contributed by atoms with van der Waals surface area (Å²) in [5.41, 5.74) is -6.92. The van der Waals surface area contributed by atoms with Gasteiger partial charge in [-0.1, -0.05) is 29.8 Å². The van der Waals surface area contributed by atoms with Crippen molar-refractivity contribution in [2.24, 2.45) is 0 Å². The van der Waals surface area contributed by atoms with Gasteiger partial charge in [0.25, 0.3) is 0 Å². The van der Waals surface area contributed by atoms with E-state index < -0.39 is 100 Å². The van der Waals surface area contributed by atoms with Crippen LogP contribution in [-0.2, 0) is 17.1 Å². The highest BCUT2D eigenvalue weighted by molar-refractivity contribution is 6.31. The predicted octanol–water partition coefficient (Wildman–Crippen LogP) is 8.68. The van der Waals surface area contributed by atoms with Crippen LogP contribution in [0.4, 0.5) is 57.1 Å². The molecule has 0 saturated carbocycles. The second-order valence-electron chi connectivity index (χ2n) is 8.34. The van der Waals surface area contributed by atoms with Gasteiger partial charge in [-0.05, 0) is 29.8 Å². The van der Waals surface area contributed by atoms with Crippen LogP contribution < -0.4 is 5.32 Å². The molecule has 1 amide bonds. The van der Waals surface area contributed by atoms with Crippen molar-refractivity contribution in [3.63, 3.8) is 0 Å². The van der Waals surface area contributed by atoms with Crippen molar-refractivity contribution < 1.29 is 66.7 Å². The molecule has 0 spiro atoms. The number of Topliss-reactive ketones (excluding diaryl/α,β-unsaturated/α-hetero) is 1. The van der Waals surface area contributed by atoms with Gasteiger partial charge in [0.15, 0.2) is 5.78 Å². The molecule has 2 aromatic rings. The topological polar surface area (TPSA) is 46.2 Å². The van der Waals surface area contributed by atoms with Gasteiger partial charge in [0.2, 0.25) is 5.91 Å². The summed E-state index contributed by atoms with van der Waals surface area (Å²) in [7, 11) is 0. The zero-order valence-electron chi connectivity index (χ0n) is 19.8. The third-order valence-electron chi connectivity index (χ3n) is 5.29. The SMILES string of the molecule is O=C(CCC(=O)c1ccc(/C(F)=C/C(c2ccc(Cl)c(C(F)(F)F)c2)C(F)(F)F)cc1C(F)(F)F)NCC(F)(F)F. The summed E-state index contributed by atoms with van der Waals surface area (Å²) < 4.78 is 172. The number of hydrogen-bond acceptors (Lipinski definition) is 2. The first-order valence-corrected chi connectivity index (χ1v) is 11.3. The Kier molecular flexibility index (Phi) is 10.2. The number of amides is 1. The number of carbonyl (C=O) groups is 2. The Balaban J connectivity index is 2.44. The van der Waals surface area contributed by atoms with Gasteiger partial charge >= 0.3 is 24.7 Å². The van der Waals surface area contributed by atoms with Crippen LogP contribution in [0.3, 0.4) is 0 Å². The van der Waals surface area contributed by atoms with Crippen molar-refractivity contribution in [2.75, 3.05) is 6.54 Å².